The van der Waals surface area contributed by atoms with E-state index in [4.69, 9.17) is 9.47 Å². The van der Waals surface area contributed by atoms with E-state index in [0.717, 1.165) is 27.5 Å². The van der Waals surface area contributed by atoms with Crippen LogP contribution in [0, 0.1) is 0 Å². The second-order valence-electron chi connectivity index (χ2n) is 4.53. The average molecular weight is 314 g/mol. The molecule has 2 aromatic rings. The van der Waals surface area contributed by atoms with Crippen LogP contribution in [0.25, 0.3) is 4.91 Å². The summed E-state index contributed by atoms with van der Waals surface area (Å²) in [5.41, 5.74) is 2.17. The molecule has 2 rings (SSSR count). The summed E-state index contributed by atoms with van der Waals surface area (Å²) in [5.74, 6) is 1.25. The van der Waals surface area contributed by atoms with Crippen molar-refractivity contribution >= 4 is 22.6 Å². The number of benzene rings is 2. The van der Waals surface area contributed by atoms with Gasteiger partial charge in [-0.05, 0) is 23.3 Å². The highest BCUT2D eigenvalue weighted by molar-refractivity contribution is 8.07. The Kier molecular flexibility index (Phi) is 6.10. The number of carbonyl (C=O) groups excluding carboxylic acids is 1. The van der Waals surface area contributed by atoms with E-state index in [1.807, 2.05) is 54.6 Å². The molecule has 22 heavy (non-hydrogen) atoms. The number of methoxy groups -OCH3 is 2. The predicted octanol–water partition coefficient (Wildman–Crippen LogP) is 4.14. The minimum atomic E-state index is -0.346. The van der Waals surface area contributed by atoms with Gasteiger partial charge in [-0.1, -0.05) is 42.5 Å². The summed E-state index contributed by atoms with van der Waals surface area (Å²) in [6.45, 7) is 0. The first-order chi connectivity index (χ1) is 10.7. The lowest BCUT2D eigenvalue weighted by atomic mass is 10.2. The van der Waals surface area contributed by atoms with E-state index in [2.05, 4.69) is 0 Å². The highest BCUT2D eigenvalue weighted by Gasteiger charge is 2.06. The summed E-state index contributed by atoms with van der Waals surface area (Å²) in [6.07, 6.45) is 1.53. The average Bonchev–Trinajstić information content (AvgIpc) is 2.59. The quantitative estimate of drug-likeness (QED) is 0.593. The second kappa shape index (κ2) is 8.29. The van der Waals surface area contributed by atoms with Gasteiger partial charge in [0, 0.05) is 16.7 Å². The lowest BCUT2D eigenvalue weighted by Gasteiger charge is -2.08. The molecular formula is C18H18O3S. The van der Waals surface area contributed by atoms with E-state index < -0.39 is 0 Å². The fourth-order valence-corrected chi connectivity index (χ4v) is 2.86. The topological polar surface area (TPSA) is 35.5 Å². The van der Waals surface area contributed by atoms with Crippen molar-refractivity contribution in [3.63, 3.8) is 0 Å². The Balaban J connectivity index is 2.12. The van der Waals surface area contributed by atoms with Gasteiger partial charge in [-0.3, -0.25) is 0 Å². The number of thioether (sulfide) groups is 1. The Morgan fingerprint density at radius 1 is 1.05 bits per heavy atom. The standard InChI is InChI=1S/C18H18O3S/c1-20-16-10-8-14(9-11-16)13-22-17(12-18(19)21-2)15-6-4-3-5-7-15/h3-12H,13H2,1-2H3/b17-12-. The first-order valence-electron chi connectivity index (χ1n) is 6.83. The first-order valence-corrected chi connectivity index (χ1v) is 7.82. The molecule has 0 amide bonds. The lowest BCUT2D eigenvalue weighted by molar-refractivity contribution is -0.134. The monoisotopic (exact) mass is 314 g/mol. The molecule has 0 bridgehead atoms. The zero-order valence-electron chi connectivity index (χ0n) is 12.6. The van der Waals surface area contributed by atoms with Gasteiger partial charge in [0.15, 0.2) is 0 Å². The van der Waals surface area contributed by atoms with Gasteiger partial charge < -0.3 is 9.47 Å². The van der Waals surface area contributed by atoms with E-state index in [1.54, 1.807) is 18.9 Å². The summed E-state index contributed by atoms with van der Waals surface area (Å²) >= 11 is 1.60. The molecule has 0 fully saturated rings. The number of rotatable bonds is 6. The van der Waals surface area contributed by atoms with E-state index in [1.165, 1.54) is 13.2 Å². The Bertz CT molecular complexity index is 633. The third-order valence-electron chi connectivity index (χ3n) is 3.06. The predicted molar refractivity (Wildman–Crippen MR) is 90.7 cm³/mol. The second-order valence-corrected chi connectivity index (χ2v) is 5.55. The van der Waals surface area contributed by atoms with Crippen molar-refractivity contribution in [2.75, 3.05) is 14.2 Å². The van der Waals surface area contributed by atoms with Crippen molar-refractivity contribution in [3.05, 3.63) is 71.8 Å². The van der Waals surface area contributed by atoms with Crippen molar-refractivity contribution in [1.29, 1.82) is 0 Å². The fraction of sp³-hybridized carbons (Fsp3) is 0.167. The van der Waals surface area contributed by atoms with Crippen LogP contribution in [0.15, 0.2) is 60.7 Å². The van der Waals surface area contributed by atoms with Crippen molar-refractivity contribution in [2.24, 2.45) is 0 Å². The molecule has 0 heterocycles. The molecule has 0 radical (unpaired) electrons. The maximum atomic E-state index is 11.6. The molecule has 0 aliphatic heterocycles. The van der Waals surface area contributed by atoms with E-state index >= 15 is 0 Å². The molecule has 0 N–H and O–H groups in total. The summed E-state index contributed by atoms with van der Waals surface area (Å²) in [5, 5.41) is 0. The maximum Gasteiger partial charge on any atom is 0.331 e. The number of esters is 1. The molecular weight excluding hydrogens is 296 g/mol. The normalized spacial score (nSPS) is 11.1. The molecule has 0 atom stereocenters. The molecule has 0 aromatic heterocycles. The minimum Gasteiger partial charge on any atom is -0.497 e. The Labute approximate surface area is 135 Å². The first kappa shape index (κ1) is 16.2. The molecule has 2 aromatic carbocycles. The van der Waals surface area contributed by atoms with Crippen LogP contribution in [0.5, 0.6) is 5.75 Å². The van der Waals surface area contributed by atoms with Gasteiger partial charge in [-0.15, -0.1) is 11.8 Å². The van der Waals surface area contributed by atoms with Crippen LogP contribution in [-0.4, -0.2) is 20.2 Å². The molecule has 0 unspecified atom stereocenters. The lowest BCUT2D eigenvalue weighted by Crippen LogP contribution is -1.96. The maximum absolute atomic E-state index is 11.6. The van der Waals surface area contributed by atoms with Crippen LogP contribution in [0.4, 0.5) is 0 Å². The largest absolute Gasteiger partial charge is 0.497 e. The van der Waals surface area contributed by atoms with Crippen molar-refractivity contribution in [3.8, 4) is 5.75 Å². The Morgan fingerprint density at radius 2 is 1.73 bits per heavy atom. The minimum absolute atomic E-state index is 0.346. The molecule has 0 saturated carbocycles. The van der Waals surface area contributed by atoms with Gasteiger partial charge in [-0.25, -0.2) is 4.79 Å². The third-order valence-corrected chi connectivity index (χ3v) is 4.20. The van der Waals surface area contributed by atoms with Crippen LogP contribution in [0.2, 0.25) is 0 Å². The van der Waals surface area contributed by atoms with E-state index in [9.17, 15) is 4.79 Å². The molecule has 114 valence electrons. The number of ether oxygens (including phenoxy) is 2. The zero-order chi connectivity index (χ0) is 15.8. The van der Waals surface area contributed by atoms with Crippen LogP contribution < -0.4 is 4.74 Å². The Hall–Kier alpha value is -2.20. The van der Waals surface area contributed by atoms with Gasteiger partial charge in [0.1, 0.15) is 5.75 Å². The van der Waals surface area contributed by atoms with Crippen LogP contribution in [-0.2, 0) is 15.3 Å². The van der Waals surface area contributed by atoms with E-state index in [0.29, 0.717) is 0 Å². The fourth-order valence-electron chi connectivity index (χ4n) is 1.86. The van der Waals surface area contributed by atoms with Gasteiger partial charge in [0.25, 0.3) is 0 Å². The molecule has 3 nitrogen and oxygen atoms in total. The smallest absolute Gasteiger partial charge is 0.331 e. The van der Waals surface area contributed by atoms with Crippen molar-refractivity contribution < 1.29 is 14.3 Å². The van der Waals surface area contributed by atoms with Gasteiger partial charge in [-0.2, -0.15) is 0 Å². The number of carbonyl (C=O) groups is 1. The molecule has 0 aliphatic rings. The van der Waals surface area contributed by atoms with Crippen LogP contribution in [0.3, 0.4) is 0 Å². The van der Waals surface area contributed by atoms with Gasteiger partial charge in [0.2, 0.25) is 0 Å². The summed E-state index contributed by atoms with van der Waals surface area (Å²) in [7, 11) is 3.03. The van der Waals surface area contributed by atoms with Crippen molar-refractivity contribution in [2.45, 2.75) is 5.75 Å². The Morgan fingerprint density at radius 3 is 2.32 bits per heavy atom. The highest BCUT2D eigenvalue weighted by Crippen LogP contribution is 2.30. The third kappa shape index (κ3) is 4.67. The van der Waals surface area contributed by atoms with Gasteiger partial charge >= 0.3 is 5.97 Å². The summed E-state index contributed by atoms with van der Waals surface area (Å²) < 4.78 is 9.89. The summed E-state index contributed by atoms with van der Waals surface area (Å²) in [4.78, 5) is 12.5. The zero-order valence-corrected chi connectivity index (χ0v) is 13.4. The molecule has 0 saturated heterocycles. The highest BCUT2D eigenvalue weighted by atomic mass is 32.2. The molecule has 0 aliphatic carbocycles. The molecule has 4 heteroatoms. The SMILES string of the molecule is COC(=O)/C=C(\SCc1ccc(OC)cc1)c1ccccc1. The number of hydrogen-bond acceptors (Lipinski definition) is 4. The van der Waals surface area contributed by atoms with E-state index in [-0.39, 0.29) is 5.97 Å². The summed E-state index contributed by atoms with van der Waals surface area (Å²) in [6, 6.07) is 17.7. The van der Waals surface area contributed by atoms with Crippen LogP contribution in [0.1, 0.15) is 11.1 Å². The molecule has 0 spiro atoms. The number of hydrogen-bond donors (Lipinski definition) is 0. The van der Waals surface area contributed by atoms with Crippen molar-refractivity contribution in [1.82, 2.24) is 0 Å². The van der Waals surface area contributed by atoms with Crippen LogP contribution >= 0.6 is 11.8 Å². The van der Waals surface area contributed by atoms with Gasteiger partial charge in [0.05, 0.1) is 14.2 Å².